The van der Waals surface area contributed by atoms with Crippen LogP contribution < -0.4 is 5.32 Å². The molecule has 1 atom stereocenters. The van der Waals surface area contributed by atoms with Gasteiger partial charge in [-0.25, -0.2) is 4.39 Å². The molecule has 1 aliphatic rings. The van der Waals surface area contributed by atoms with Crippen molar-refractivity contribution in [2.45, 2.75) is 57.8 Å². The van der Waals surface area contributed by atoms with Crippen molar-refractivity contribution in [1.29, 1.82) is 0 Å². The van der Waals surface area contributed by atoms with E-state index in [1.54, 1.807) is 6.07 Å². The van der Waals surface area contributed by atoms with Crippen LogP contribution in [0.1, 0.15) is 51.2 Å². The maximum absolute atomic E-state index is 13.9. The summed E-state index contributed by atoms with van der Waals surface area (Å²) in [5.74, 6) is -0.170. The van der Waals surface area contributed by atoms with Gasteiger partial charge in [-0.05, 0) is 18.9 Å². The molecule has 2 nitrogen and oxygen atoms in total. The SMILES string of the molecule is CC(C)NCC(OC1CCCC1)c1ccccc1F. The summed E-state index contributed by atoms with van der Waals surface area (Å²) in [5.41, 5.74) is 0.669. The van der Waals surface area contributed by atoms with Crippen molar-refractivity contribution in [3.63, 3.8) is 0 Å². The average molecular weight is 265 g/mol. The van der Waals surface area contributed by atoms with E-state index in [1.165, 1.54) is 18.9 Å². The Kier molecular flexibility index (Phi) is 5.34. The Morgan fingerprint density at radius 1 is 1.26 bits per heavy atom. The molecule has 3 heteroatoms. The molecule has 0 heterocycles. The van der Waals surface area contributed by atoms with Gasteiger partial charge in [0.15, 0.2) is 0 Å². The van der Waals surface area contributed by atoms with E-state index < -0.39 is 0 Å². The summed E-state index contributed by atoms with van der Waals surface area (Å²) < 4.78 is 20.1. The molecule has 2 rings (SSSR count). The van der Waals surface area contributed by atoms with Gasteiger partial charge in [-0.2, -0.15) is 0 Å². The molecule has 0 bridgehead atoms. The van der Waals surface area contributed by atoms with Crippen molar-refractivity contribution in [1.82, 2.24) is 5.32 Å². The summed E-state index contributed by atoms with van der Waals surface area (Å²) in [6, 6.07) is 7.31. The number of hydrogen-bond acceptors (Lipinski definition) is 2. The fraction of sp³-hybridized carbons (Fsp3) is 0.625. The van der Waals surface area contributed by atoms with E-state index >= 15 is 0 Å². The Labute approximate surface area is 115 Å². The molecule has 1 aromatic carbocycles. The van der Waals surface area contributed by atoms with E-state index in [0.29, 0.717) is 24.3 Å². The summed E-state index contributed by atoms with van der Waals surface area (Å²) in [6.07, 6.45) is 4.77. The Morgan fingerprint density at radius 3 is 2.58 bits per heavy atom. The van der Waals surface area contributed by atoms with E-state index in [2.05, 4.69) is 19.2 Å². The molecule has 0 aromatic heterocycles. The predicted octanol–water partition coefficient (Wildman–Crippen LogP) is 3.82. The Balaban J connectivity index is 2.06. The molecular weight excluding hydrogens is 241 g/mol. The Bertz CT molecular complexity index is 388. The van der Waals surface area contributed by atoms with Crippen LogP contribution in [0.3, 0.4) is 0 Å². The fourth-order valence-electron chi connectivity index (χ4n) is 2.57. The second-order valence-corrected chi connectivity index (χ2v) is 5.62. The van der Waals surface area contributed by atoms with Gasteiger partial charge in [0.2, 0.25) is 0 Å². The molecular formula is C16H24FNO. The quantitative estimate of drug-likeness (QED) is 0.844. The number of ether oxygens (including phenoxy) is 1. The summed E-state index contributed by atoms with van der Waals surface area (Å²) in [7, 11) is 0. The maximum Gasteiger partial charge on any atom is 0.129 e. The van der Waals surface area contributed by atoms with Gasteiger partial charge in [-0.3, -0.25) is 0 Å². The summed E-state index contributed by atoms with van der Waals surface area (Å²) in [5, 5.41) is 3.35. The zero-order chi connectivity index (χ0) is 13.7. The Hall–Kier alpha value is -0.930. The molecule has 1 saturated carbocycles. The number of hydrogen-bond donors (Lipinski definition) is 1. The minimum Gasteiger partial charge on any atom is -0.369 e. The van der Waals surface area contributed by atoms with Crippen LogP contribution in [-0.2, 0) is 4.74 Å². The molecule has 1 unspecified atom stereocenters. The highest BCUT2D eigenvalue weighted by Gasteiger charge is 2.23. The van der Waals surface area contributed by atoms with Crippen LogP contribution in [0.25, 0.3) is 0 Å². The molecule has 0 spiro atoms. The molecule has 1 aromatic rings. The highest BCUT2D eigenvalue weighted by atomic mass is 19.1. The van der Waals surface area contributed by atoms with Gasteiger partial charge in [0.05, 0.1) is 12.2 Å². The second kappa shape index (κ2) is 7.01. The fourth-order valence-corrected chi connectivity index (χ4v) is 2.57. The van der Waals surface area contributed by atoms with E-state index in [-0.39, 0.29) is 11.9 Å². The van der Waals surface area contributed by atoms with Gasteiger partial charge >= 0.3 is 0 Å². The number of benzene rings is 1. The molecule has 0 saturated heterocycles. The zero-order valence-electron chi connectivity index (χ0n) is 11.9. The normalized spacial score (nSPS) is 18.1. The van der Waals surface area contributed by atoms with Crippen LogP contribution in [0.5, 0.6) is 0 Å². The number of halogens is 1. The lowest BCUT2D eigenvalue weighted by Gasteiger charge is -2.24. The van der Waals surface area contributed by atoms with Crippen molar-refractivity contribution in [3.8, 4) is 0 Å². The maximum atomic E-state index is 13.9. The smallest absolute Gasteiger partial charge is 0.129 e. The number of rotatable bonds is 6. The standard InChI is InChI=1S/C16H24FNO/c1-12(2)18-11-16(19-13-7-3-4-8-13)14-9-5-6-10-15(14)17/h5-6,9-10,12-13,16,18H,3-4,7-8,11H2,1-2H3. The number of nitrogens with one attached hydrogen (secondary N) is 1. The van der Waals surface area contributed by atoms with Crippen LogP contribution in [0.2, 0.25) is 0 Å². The molecule has 0 aliphatic heterocycles. The highest BCUT2D eigenvalue weighted by molar-refractivity contribution is 5.20. The first-order valence-electron chi connectivity index (χ1n) is 7.30. The Morgan fingerprint density at radius 2 is 1.95 bits per heavy atom. The first-order valence-corrected chi connectivity index (χ1v) is 7.30. The lowest BCUT2D eigenvalue weighted by Crippen LogP contribution is -2.31. The minimum absolute atomic E-state index is 0.170. The van der Waals surface area contributed by atoms with E-state index in [9.17, 15) is 4.39 Å². The monoisotopic (exact) mass is 265 g/mol. The van der Waals surface area contributed by atoms with Crippen LogP contribution in [-0.4, -0.2) is 18.7 Å². The topological polar surface area (TPSA) is 21.3 Å². The molecule has 0 radical (unpaired) electrons. The third kappa shape index (κ3) is 4.29. The largest absolute Gasteiger partial charge is 0.369 e. The van der Waals surface area contributed by atoms with Crippen LogP contribution >= 0.6 is 0 Å². The summed E-state index contributed by atoms with van der Waals surface area (Å²) >= 11 is 0. The van der Waals surface area contributed by atoms with Crippen LogP contribution in [0.15, 0.2) is 24.3 Å². The first kappa shape index (κ1) is 14.5. The van der Waals surface area contributed by atoms with Gasteiger partial charge in [0.1, 0.15) is 5.82 Å². The minimum atomic E-state index is -0.188. The van der Waals surface area contributed by atoms with Gasteiger partial charge in [-0.1, -0.05) is 44.9 Å². The molecule has 0 amide bonds. The van der Waals surface area contributed by atoms with Crippen LogP contribution in [0, 0.1) is 5.82 Å². The van der Waals surface area contributed by atoms with Crippen molar-refractivity contribution in [3.05, 3.63) is 35.6 Å². The zero-order valence-corrected chi connectivity index (χ0v) is 11.9. The van der Waals surface area contributed by atoms with Crippen molar-refractivity contribution >= 4 is 0 Å². The lowest BCUT2D eigenvalue weighted by atomic mass is 10.1. The van der Waals surface area contributed by atoms with Crippen LogP contribution in [0.4, 0.5) is 4.39 Å². The first-order chi connectivity index (χ1) is 9.16. The van der Waals surface area contributed by atoms with E-state index in [0.717, 1.165) is 12.8 Å². The van der Waals surface area contributed by atoms with Crippen molar-refractivity contribution < 1.29 is 9.13 Å². The summed E-state index contributed by atoms with van der Waals surface area (Å²) in [4.78, 5) is 0. The molecule has 1 aliphatic carbocycles. The molecule has 1 N–H and O–H groups in total. The van der Waals surface area contributed by atoms with Gasteiger partial charge in [0, 0.05) is 18.2 Å². The highest BCUT2D eigenvalue weighted by Crippen LogP contribution is 2.28. The predicted molar refractivity (Wildman–Crippen MR) is 75.6 cm³/mol. The van der Waals surface area contributed by atoms with Gasteiger partial charge in [-0.15, -0.1) is 0 Å². The lowest BCUT2D eigenvalue weighted by molar-refractivity contribution is -0.0113. The summed E-state index contributed by atoms with van der Waals surface area (Å²) in [6.45, 7) is 4.84. The van der Waals surface area contributed by atoms with Crippen molar-refractivity contribution in [2.24, 2.45) is 0 Å². The average Bonchev–Trinajstić information content (AvgIpc) is 2.88. The third-order valence-corrected chi connectivity index (χ3v) is 3.62. The molecule has 106 valence electrons. The molecule has 1 fully saturated rings. The second-order valence-electron chi connectivity index (χ2n) is 5.62. The van der Waals surface area contributed by atoms with E-state index in [4.69, 9.17) is 4.74 Å². The van der Waals surface area contributed by atoms with Crippen molar-refractivity contribution in [2.75, 3.05) is 6.54 Å². The third-order valence-electron chi connectivity index (χ3n) is 3.62. The van der Waals surface area contributed by atoms with E-state index in [1.807, 2.05) is 12.1 Å². The molecule has 19 heavy (non-hydrogen) atoms. The van der Waals surface area contributed by atoms with Gasteiger partial charge < -0.3 is 10.1 Å². The van der Waals surface area contributed by atoms with Gasteiger partial charge in [0.25, 0.3) is 0 Å².